The Hall–Kier alpha value is -2.82. The minimum Gasteiger partial charge on any atom is -0.493 e. The van der Waals surface area contributed by atoms with Gasteiger partial charge in [-0.25, -0.2) is 0 Å². The number of hydrogen-bond acceptors (Lipinski definition) is 4. The van der Waals surface area contributed by atoms with Crippen molar-refractivity contribution in [2.45, 2.75) is 39.0 Å². The second kappa shape index (κ2) is 9.76. The molecular weight excluding hydrogens is 398 g/mol. The zero-order chi connectivity index (χ0) is 22.6. The second-order valence-corrected chi connectivity index (χ2v) is 9.07. The maximum absolute atomic E-state index is 10.8. The van der Waals surface area contributed by atoms with Crippen molar-refractivity contribution < 1.29 is 14.6 Å². The number of aliphatic hydroxyl groups is 1. The van der Waals surface area contributed by atoms with Crippen molar-refractivity contribution in [3.05, 3.63) is 95.6 Å². The summed E-state index contributed by atoms with van der Waals surface area (Å²) in [6.45, 7) is 7.21. The first-order valence-corrected chi connectivity index (χ1v) is 11.3. The second-order valence-electron chi connectivity index (χ2n) is 9.07. The highest BCUT2D eigenvalue weighted by atomic mass is 16.5. The largest absolute Gasteiger partial charge is 0.493 e. The molecule has 0 saturated carbocycles. The van der Waals surface area contributed by atoms with Gasteiger partial charge in [-0.15, -0.1) is 0 Å². The molecule has 0 aromatic heterocycles. The van der Waals surface area contributed by atoms with Gasteiger partial charge in [0, 0.05) is 31.0 Å². The molecule has 3 aromatic carbocycles. The van der Waals surface area contributed by atoms with Crippen LogP contribution in [-0.4, -0.2) is 36.3 Å². The number of benzene rings is 3. The maximum Gasteiger partial charge on any atom is 0.161 e. The molecule has 3 atom stereocenters. The van der Waals surface area contributed by atoms with Crippen molar-refractivity contribution >= 4 is 0 Å². The van der Waals surface area contributed by atoms with E-state index < -0.39 is 6.10 Å². The van der Waals surface area contributed by atoms with Gasteiger partial charge in [0.2, 0.25) is 0 Å². The monoisotopic (exact) mass is 431 g/mol. The minimum absolute atomic E-state index is 0.191. The Labute approximate surface area is 191 Å². The number of likely N-dealkylation sites (tertiary alicyclic amines) is 1. The first-order valence-electron chi connectivity index (χ1n) is 11.3. The summed E-state index contributed by atoms with van der Waals surface area (Å²) in [4.78, 5) is 2.45. The molecule has 32 heavy (non-hydrogen) atoms. The Morgan fingerprint density at radius 1 is 0.969 bits per heavy atom. The van der Waals surface area contributed by atoms with Crippen LogP contribution < -0.4 is 9.47 Å². The summed E-state index contributed by atoms with van der Waals surface area (Å²) in [6.07, 6.45) is -0.427. The molecule has 3 aromatic rings. The van der Waals surface area contributed by atoms with Gasteiger partial charge in [-0.1, -0.05) is 73.7 Å². The van der Waals surface area contributed by atoms with Crippen molar-refractivity contribution in [2.24, 2.45) is 5.41 Å². The number of hydrogen-bond donors (Lipinski definition) is 1. The van der Waals surface area contributed by atoms with Crippen LogP contribution in [0.15, 0.2) is 78.9 Å². The van der Waals surface area contributed by atoms with Crippen molar-refractivity contribution in [3.63, 3.8) is 0 Å². The molecule has 1 saturated heterocycles. The average molecular weight is 432 g/mol. The average Bonchev–Trinajstić information content (AvgIpc) is 3.16. The van der Waals surface area contributed by atoms with E-state index in [0.717, 1.165) is 36.7 Å². The molecule has 4 nitrogen and oxygen atoms in total. The van der Waals surface area contributed by atoms with Crippen LogP contribution in [0.5, 0.6) is 11.5 Å². The summed E-state index contributed by atoms with van der Waals surface area (Å²) < 4.78 is 11.7. The molecule has 1 aliphatic heterocycles. The van der Waals surface area contributed by atoms with Crippen molar-refractivity contribution in [2.75, 3.05) is 20.2 Å². The Kier molecular flexibility index (Phi) is 6.83. The van der Waals surface area contributed by atoms with Crippen LogP contribution in [0.4, 0.5) is 0 Å². The summed E-state index contributed by atoms with van der Waals surface area (Å²) in [7, 11) is 1.67. The van der Waals surface area contributed by atoms with Crippen LogP contribution in [0, 0.1) is 5.41 Å². The predicted octanol–water partition coefficient (Wildman–Crippen LogP) is 5.26. The molecule has 1 heterocycles. The maximum atomic E-state index is 10.8. The lowest BCUT2D eigenvalue weighted by Crippen LogP contribution is -2.37. The summed E-state index contributed by atoms with van der Waals surface area (Å²) in [5, 5.41) is 10.8. The van der Waals surface area contributed by atoms with E-state index in [1.807, 2.05) is 37.3 Å². The van der Waals surface area contributed by atoms with Crippen LogP contribution >= 0.6 is 0 Å². The van der Waals surface area contributed by atoms with E-state index in [1.54, 1.807) is 7.11 Å². The number of aliphatic hydroxyl groups excluding tert-OH is 1. The van der Waals surface area contributed by atoms with Crippen LogP contribution in [0.2, 0.25) is 0 Å². The molecule has 0 spiro atoms. The molecular formula is C28H33NO3. The molecule has 0 unspecified atom stereocenters. The van der Waals surface area contributed by atoms with E-state index in [4.69, 9.17) is 9.47 Å². The fourth-order valence-corrected chi connectivity index (χ4v) is 4.75. The topological polar surface area (TPSA) is 41.9 Å². The smallest absolute Gasteiger partial charge is 0.161 e. The van der Waals surface area contributed by atoms with Gasteiger partial charge in [0.15, 0.2) is 11.5 Å². The molecule has 4 heteroatoms. The van der Waals surface area contributed by atoms with Gasteiger partial charge in [0.1, 0.15) is 6.61 Å². The third-order valence-corrected chi connectivity index (χ3v) is 6.83. The molecule has 0 radical (unpaired) electrons. The highest BCUT2D eigenvalue weighted by Crippen LogP contribution is 2.47. The van der Waals surface area contributed by atoms with Crippen LogP contribution in [0.1, 0.15) is 36.5 Å². The summed E-state index contributed by atoms with van der Waals surface area (Å²) >= 11 is 0. The Balaban J connectivity index is 1.58. The Bertz CT molecular complexity index is 1010. The lowest BCUT2D eigenvalue weighted by molar-refractivity contribution is 0.0474. The lowest BCUT2D eigenvalue weighted by Gasteiger charge is -2.34. The third-order valence-electron chi connectivity index (χ3n) is 6.83. The van der Waals surface area contributed by atoms with Crippen LogP contribution in [0.25, 0.3) is 0 Å². The number of ether oxygens (including phenoxy) is 2. The highest BCUT2D eigenvalue weighted by Gasteiger charge is 2.46. The lowest BCUT2D eigenvalue weighted by atomic mass is 9.72. The molecule has 1 aliphatic rings. The molecule has 0 amide bonds. The summed E-state index contributed by atoms with van der Waals surface area (Å²) in [5.74, 6) is 1.65. The van der Waals surface area contributed by atoms with Crippen molar-refractivity contribution in [1.82, 2.24) is 4.90 Å². The summed E-state index contributed by atoms with van der Waals surface area (Å²) in [5.41, 5.74) is 3.33. The fraction of sp³-hybridized carbons (Fsp3) is 0.357. The van der Waals surface area contributed by atoms with Gasteiger partial charge >= 0.3 is 0 Å². The van der Waals surface area contributed by atoms with Gasteiger partial charge in [0.25, 0.3) is 0 Å². The fourth-order valence-electron chi connectivity index (χ4n) is 4.75. The highest BCUT2D eigenvalue weighted by molar-refractivity contribution is 5.45. The predicted molar refractivity (Wildman–Crippen MR) is 128 cm³/mol. The van der Waals surface area contributed by atoms with Gasteiger partial charge in [-0.2, -0.15) is 0 Å². The van der Waals surface area contributed by atoms with E-state index in [0.29, 0.717) is 6.61 Å². The van der Waals surface area contributed by atoms with E-state index in [-0.39, 0.29) is 11.3 Å². The first kappa shape index (κ1) is 22.4. The van der Waals surface area contributed by atoms with E-state index >= 15 is 0 Å². The third kappa shape index (κ3) is 4.82. The van der Waals surface area contributed by atoms with Crippen molar-refractivity contribution in [1.29, 1.82) is 0 Å². The Morgan fingerprint density at radius 3 is 2.25 bits per heavy atom. The molecule has 168 valence electrons. The number of rotatable bonds is 8. The number of nitrogens with zero attached hydrogens (tertiary/aromatic N) is 1. The van der Waals surface area contributed by atoms with E-state index in [2.05, 4.69) is 60.4 Å². The molecule has 4 rings (SSSR count). The number of methoxy groups -OCH3 is 1. The SMILES string of the molecule is COc1ccc([C@@H]2CN(Cc3ccccc3)C[C@@]2(C)[C@H](C)O)cc1OCc1ccccc1. The van der Waals surface area contributed by atoms with E-state index in [1.165, 1.54) is 11.1 Å². The minimum atomic E-state index is -0.427. The Morgan fingerprint density at radius 2 is 1.62 bits per heavy atom. The molecule has 1 N–H and O–H groups in total. The molecule has 0 bridgehead atoms. The first-order chi connectivity index (χ1) is 15.5. The standard InChI is InChI=1S/C28H33NO3/c1-21(30)28(2)20-29(17-22-10-6-4-7-11-22)18-25(28)24-14-15-26(31-3)27(16-24)32-19-23-12-8-5-9-13-23/h4-16,21,25,30H,17-20H2,1-3H3/t21-,25-,28-/m0/s1. The van der Waals surface area contributed by atoms with Crippen LogP contribution in [-0.2, 0) is 13.2 Å². The van der Waals surface area contributed by atoms with Gasteiger partial charge in [0.05, 0.1) is 13.2 Å². The van der Waals surface area contributed by atoms with Crippen molar-refractivity contribution in [3.8, 4) is 11.5 Å². The summed E-state index contributed by atoms with van der Waals surface area (Å²) in [6, 6.07) is 26.9. The quantitative estimate of drug-likeness (QED) is 0.528. The normalized spacial score (nSPS) is 21.9. The zero-order valence-corrected chi connectivity index (χ0v) is 19.2. The van der Waals surface area contributed by atoms with E-state index in [9.17, 15) is 5.11 Å². The van der Waals surface area contributed by atoms with Gasteiger partial charge in [-0.3, -0.25) is 4.90 Å². The van der Waals surface area contributed by atoms with Gasteiger partial charge < -0.3 is 14.6 Å². The molecule has 1 fully saturated rings. The zero-order valence-electron chi connectivity index (χ0n) is 19.2. The molecule has 0 aliphatic carbocycles. The van der Waals surface area contributed by atoms with Crippen LogP contribution in [0.3, 0.4) is 0 Å². The van der Waals surface area contributed by atoms with Gasteiger partial charge in [-0.05, 0) is 35.7 Å².